The Morgan fingerprint density at radius 3 is 2.67 bits per heavy atom. The molecule has 3 heterocycles. The number of benzene rings is 2. The molecule has 0 saturated carbocycles. The zero-order valence-electron chi connectivity index (χ0n) is 16.2. The Bertz CT molecular complexity index is 1460. The first-order valence-electron chi connectivity index (χ1n) is 9.24. The van der Waals surface area contributed by atoms with Gasteiger partial charge in [0.1, 0.15) is 9.84 Å². The molecule has 0 saturated heterocycles. The van der Waals surface area contributed by atoms with Gasteiger partial charge in [0.2, 0.25) is 0 Å². The summed E-state index contributed by atoms with van der Waals surface area (Å²) >= 11 is 2.81. The summed E-state index contributed by atoms with van der Waals surface area (Å²) in [6.45, 7) is 1.79. The number of carbonyl (C=O) groups is 1. The lowest BCUT2D eigenvalue weighted by atomic mass is 10.1. The van der Waals surface area contributed by atoms with Crippen molar-refractivity contribution in [1.29, 1.82) is 0 Å². The Morgan fingerprint density at radius 1 is 1.07 bits per heavy atom. The summed E-state index contributed by atoms with van der Waals surface area (Å²) in [7, 11) is 1.65. The first-order chi connectivity index (χ1) is 14.5. The van der Waals surface area contributed by atoms with Crippen molar-refractivity contribution >= 4 is 54.7 Å². The van der Waals surface area contributed by atoms with Crippen LogP contribution in [0.1, 0.15) is 15.2 Å². The van der Waals surface area contributed by atoms with Crippen molar-refractivity contribution in [3.8, 4) is 10.6 Å². The van der Waals surface area contributed by atoms with E-state index in [-0.39, 0.29) is 11.5 Å². The molecule has 0 fully saturated rings. The fraction of sp³-hybridized carbons (Fsp3) is 0.0909. The van der Waals surface area contributed by atoms with E-state index in [2.05, 4.69) is 10.3 Å². The number of carbonyl (C=O) groups excluding carboxylic acids is 1. The Labute approximate surface area is 179 Å². The molecule has 0 bridgehead atoms. The molecule has 2 aromatic carbocycles. The lowest BCUT2D eigenvalue weighted by Crippen LogP contribution is -2.17. The van der Waals surface area contributed by atoms with Crippen LogP contribution < -0.4 is 10.9 Å². The molecule has 0 aliphatic rings. The summed E-state index contributed by atoms with van der Waals surface area (Å²) in [6.07, 6.45) is 1.48. The van der Waals surface area contributed by atoms with Crippen LogP contribution in [0, 0.1) is 6.92 Å². The minimum Gasteiger partial charge on any atom is -0.321 e. The first kappa shape index (κ1) is 18.7. The highest BCUT2D eigenvalue weighted by Gasteiger charge is 2.20. The summed E-state index contributed by atoms with van der Waals surface area (Å²) < 4.78 is 2.52. The summed E-state index contributed by atoms with van der Waals surface area (Å²) in [5.41, 5.74) is 2.97. The average molecular weight is 433 g/mol. The van der Waals surface area contributed by atoms with Crippen LogP contribution in [0.2, 0.25) is 0 Å². The number of fused-ring (bicyclic) bond motifs is 2. The van der Waals surface area contributed by atoms with Crippen molar-refractivity contribution in [2.75, 3.05) is 5.32 Å². The van der Waals surface area contributed by atoms with Gasteiger partial charge in [-0.05, 0) is 36.8 Å². The van der Waals surface area contributed by atoms with Gasteiger partial charge < -0.3 is 9.88 Å². The van der Waals surface area contributed by atoms with E-state index in [0.29, 0.717) is 26.3 Å². The van der Waals surface area contributed by atoms with E-state index in [9.17, 15) is 9.59 Å². The molecule has 0 spiro atoms. The van der Waals surface area contributed by atoms with Crippen LogP contribution in [-0.2, 0) is 7.05 Å². The second-order valence-corrected chi connectivity index (χ2v) is 8.91. The monoisotopic (exact) mass is 432 g/mol. The maximum atomic E-state index is 13.1. The molecule has 1 N–H and O–H groups in total. The summed E-state index contributed by atoms with van der Waals surface area (Å²) in [5, 5.41) is 4.35. The zero-order chi connectivity index (χ0) is 20.8. The highest BCUT2D eigenvalue weighted by Crippen LogP contribution is 2.35. The number of thiophene rings is 1. The Hall–Kier alpha value is -3.36. The van der Waals surface area contributed by atoms with Crippen molar-refractivity contribution in [2.24, 2.45) is 7.05 Å². The quantitative estimate of drug-likeness (QED) is 0.443. The van der Waals surface area contributed by atoms with Crippen molar-refractivity contribution in [3.63, 3.8) is 0 Å². The van der Waals surface area contributed by atoms with E-state index < -0.39 is 0 Å². The van der Waals surface area contributed by atoms with Gasteiger partial charge in [0.25, 0.3) is 11.5 Å². The molecule has 8 heteroatoms. The summed E-state index contributed by atoms with van der Waals surface area (Å²) in [4.78, 5) is 35.6. The molecule has 0 aliphatic carbocycles. The Kier molecular flexibility index (Phi) is 4.45. The highest BCUT2D eigenvalue weighted by atomic mass is 32.1. The van der Waals surface area contributed by atoms with Crippen LogP contribution in [0.3, 0.4) is 0 Å². The average Bonchev–Trinajstić information content (AvgIpc) is 3.32. The van der Waals surface area contributed by atoms with Crippen molar-refractivity contribution < 1.29 is 4.79 Å². The molecule has 1 amide bonds. The lowest BCUT2D eigenvalue weighted by molar-refractivity contribution is 0.103. The van der Waals surface area contributed by atoms with E-state index >= 15 is 0 Å². The third-order valence-electron chi connectivity index (χ3n) is 4.92. The maximum absolute atomic E-state index is 13.1. The first-order valence-corrected chi connectivity index (χ1v) is 10.9. The van der Waals surface area contributed by atoms with Gasteiger partial charge in [-0.15, -0.1) is 22.7 Å². The Morgan fingerprint density at radius 2 is 1.83 bits per heavy atom. The fourth-order valence-corrected chi connectivity index (χ4v) is 5.41. The second kappa shape index (κ2) is 7.16. The fourth-order valence-electron chi connectivity index (χ4n) is 3.37. The van der Waals surface area contributed by atoms with E-state index in [4.69, 9.17) is 4.98 Å². The number of aryl methyl sites for hydroxylation is 2. The molecule has 5 aromatic rings. The molecule has 3 aromatic heterocycles. The van der Waals surface area contributed by atoms with Crippen LogP contribution in [0.4, 0.5) is 5.69 Å². The third kappa shape index (κ3) is 3.01. The Balaban J connectivity index is 1.55. The largest absolute Gasteiger partial charge is 0.321 e. The topological polar surface area (TPSA) is 76.9 Å². The summed E-state index contributed by atoms with van der Waals surface area (Å²) in [6, 6.07) is 15.6. The zero-order valence-corrected chi connectivity index (χ0v) is 17.8. The molecule has 0 unspecified atom stereocenters. The SMILES string of the molecule is Cc1c(C(=O)Nc2ccccc2-c2nc3ccccc3s2)sc2ncn(C)c(=O)c12. The molecule has 0 aliphatic heterocycles. The molecule has 5 rings (SSSR count). The van der Waals surface area contributed by atoms with Crippen molar-refractivity contribution in [2.45, 2.75) is 6.92 Å². The molecule has 6 nitrogen and oxygen atoms in total. The van der Waals surface area contributed by atoms with E-state index in [1.807, 2.05) is 48.5 Å². The third-order valence-corrected chi connectivity index (χ3v) is 7.18. The molecule has 30 heavy (non-hydrogen) atoms. The van der Waals surface area contributed by atoms with Crippen LogP contribution >= 0.6 is 22.7 Å². The van der Waals surface area contributed by atoms with Crippen molar-refractivity contribution in [3.05, 3.63) is 75.7 Å². The maximum Gasteiger partial charge on any atom is 0.266 e. The number of anilines is 1. The second-order valence-electron chi connectivity index (χ2n) is 6.88. The van der Waals surface area contributed by atoms with Crippen LogP contribution in [0.25, 0.3) is 31.0 Å². The minimum atomic E-state index is -0.258. The summed E-state index contributed by atoms with van der Waals surface area (Å²) in [5.74, 6) is -0.258. The lowest BCUT2D eigenvalue weighted by Gasteiger charge is -2.09. The van der Waals surface area contributed by atoms with Crippen LogP contribution in [-0.4, -0.2) is 20.4 Å². The van der Waals surface area contributed by atoms with Gasteiger partial charge in [-0.25, -0.2) is 9.97 Å². The van der Waals surface area contributed by atoms with Crippen LogP contribution in [0.15, 0.2) is 59.7 Å². The molecular weight excluding hydrogens is 416 g/mol. The van der Waals surface area contributed by atoms with Crippen LogP contribution in [0.5, 0.6) is 0 Å². The van der Waals surface area contributed by atoms with Gasteiger partial charge in [-0.1, -0.05) is 24.3 Å². The number of hydrogen-bond donors (Lipinski definition) is 1. The number of hydrogen-bond acceptors (Lipinski definition) is 6. The number of para-hydroxylation sites is 2. The molecule has 0 radical (unpaired) electrons. The molecular formula is C22H16N4O2S2. The number of aromatic nitrogens is 3. The minimum absolute atomic E-state index is 0.150. The van der Waals surface area contributed by atoms with E-state index in [1.165, 1.54) is 22.2 Å². The van der Waals surface area contributed by atoms with E-state index in [0.717, 1.165) is 20.8 Å². The number of rotatable bonds is 3. The van der Waals surface area contributed by atoms with Gasteiger partial charge in [0, 0.05) is 12.6 Å². The number of nitrogens with zero attached hydrogens (tertiary/aromatic N) is 3. The van der Waals surface area contributed by atoms with Gasteiger partial charge in [0.15, 0.2) is 0 Å². The predicted octanol–water partition coefficient (Wildman–Crippen LogP) is 4.83. The standard InChI is InChI=1S/C22H16N4O2S2/c1-12-17-21(23-11-26(2)22(17)28)30-18(12)19(27)24-14-8-4-3-7-13(14)20-25-15-9-5-6-10-16(15)29-20/h3-11H,1-2H3,(H,24,27). The predicted molar refractivity (Wildman–Crippen MR) is 123 cm³/mol. The number of amides is 1. The normalized spacial score (nSPS) is 11.3. The van der Waals surface area contributed by atoms with Gasteiger partial charge >= 0.3 is 0 Å². The van der Waals surface area contributed by atoms with Crippen molar-refractivity contribution in [1.82, 2.24) is 14.5 Å². The molecule has 148 valence electrons. The number of nitrogens with one attached hydrogen (secondary N) is 1. The van der Waals surface area contributed by atoms with Gasteiger partial charge in [-0.3, -0.25) is 9.59 Å². The molecule has 0 atom stereocenters. The highest BCUT2D eigenvalue weighted by molar-refractivity contribution is 7.21. The number of thiazole rings is 1. The van der Waals surface area contributed by atoms with Gasteiger partial charge in [0.05, 0.1) is 32.5 Å². The van der Waals surface area contributed by atoms with E-state index in [1.54, 1.807) is 25.3 Å². The smallest absolute Gasteiger partial charge is 0.266 e. The van der Waals surface area contributed by atoms with Gasteiger partial charge in [-0.2, -0.15) is 0 Å².